The Bertz CT molecular complexity index is 964. The summed E-state index contributed by atoms with van der Waals surface area (Å²) in [6, 6.07) is 24.7. The SMILES string of the molecule is CC(C)c1ccc(C(=O)Nc2cccc(NC(=O)CCc3ccccc3)c2)cc1. The zero-order chi connectivity index (χ0) is 20.6. The molecule has 0 atom stereocenters. The van der Waals surface area contributed by atoms with Crippen molar-refractivity contribution in [2.24, 2.45) is 0 Å². The molecular weight excluding hydrogens is 360 g/mol. The lowest BCUT2D eigenvalue weighted by molar-refractivity contribution is -0.116. The van der Waals surface area contributed by atoms with Crippen LogP contribution in [-0.4, -0.2) is 11.8 Å². The predicted octanol–water partition coefficient (Wildman–Crippen LogP) is 5.63. The lowest BCUT2D eigenvalue weighted by Gasteiger charge is -2.10. The van der Waals surface area contributed by atoms with Crippen molar-refractivity contribution in [1.29, 1.82) is 0 Å². The van der Waals surface area contributed by atoms with Gasteiger partial charge in [-0.2, -0.15) is 0 Å². The fourth-order valence-electron chi connectivity index (χ4n) is 3.02. The van der Waals surface area contributed by atoms with E-state index in [1.807, 2.05) is 66.7 Å². The summed E-state index contributed by atoms with van der Waals surface area (Å²) >= 11 is 0. The molecule has 0 spiro atoms. The molecule has 0 saturated carbocycles. The summed E-state index contributed by atoms with van der Waals surface area (Å²) in [4.78, 5) is 24.7. The van der Waals surface area contributed by atoms with Crippen molar-refractivity contribution in [1.82, 2.24) is 0 Å². The lowest BCUT2D eigenvalue weighted by atomic mass is 10.0. The van der Waals surface area contributed by atoms with Crippen LogP contribution in [-0.2, 0) is 11.2 Å². The highest BCUT2D eigenvalue weighted by Crippen LogP contribution is 2.18. The normalized spacial score (nSPS) is 10.6. The standard InChI is InChI=1S/C25H26N2O2/c1-18(2)20-12-14-21(15-13-20)25(29)27-23-10-6-9-22(17-23)26-24(28)16-11-19-7-4-3-5-8-19/h3-10,12-15,17-18H,11,16H2,1-2H3,(H,26,28)(H,27,29). The number of anilines is 2. The van der Waals surface area contributed by atoms with Crippen molar-refractivity contribution in [3.05, 3.63) is 95.6 Å². The second-order valence-electron chi connectivity index (χ2n) is 7.35. The third kappa shape index (κ3) is 6.04. The Kier molecular flexibility index (Phi) is 6.80. The van der Waals surface area contributed by atoms with E-state index in [9.17, 15) is 9.59 Å². The summed E-state index contributed by atoms with van der Waals surface area (Å²) in [5.74, 6) is 0.198. The number of rotatable bonds is 7. The molecule has 0 radical (unpaired) electrons. The Labute approximate surface area is 172 Å². The topological polar surface area (TPSA) is 58.2 Å². The summed E-state index contributed by atoms with van der Waals surface area (Å²) < 4.78 is 0. The molecule has 0 unspecified atom stereocenters. The van der Waals surface area contributed by atoms with E-state index in [2.05, 4.69) is 24.5 Å². The lowest BCUT2D eigenvalue weighted by Crippen LogP contribution is -2.14. The molecule has 2 amide bonds. The van der Waals surface area contributed by atoms with Gasteiger partial charge in [0.05, 0.1) is 0 Å². The van der Waals surface area contributed by atoms with Crippen LogP contribution in [0, 0.1) is 0 Å². The van der Waals surface area contributed by atoms with Crippen LogP contribution >= 0.6 is 0 Å². The van der Waals surface area contributed by atoms with Gasteiger partial charge in [-0.3, -0.25) is 9.59 Å². The first kappa shape index (κ1) is 20.3. The van der Waals surface area contributed by atoms with E-state index in [0.717, 1.165) is 5.56 Å². The fraction of sp³-hybridized carbons (Fsp3) is 0.200. The van der Waals surface area contributed by atoms with Gasteiger partial charge in [-0.15, -0.1) is 0 Å². The number of hydrogen-bond donors (Lipinski definition) is 2. The van der Waals surface area contributed by atoms with Crippen LogP contribution < -0.4 is 10.6 Å². The van der Waals surface area contributed by atoms with Crippen molar-refractivity contribution < 1.29 is 9.59 Å². The van der Waals surface area contributed by atoms with Crippen LogP contribution in [0.5, 0.6) is 0 Å². The van der Waals surface area contributed by atoms with E-state index in [-0.39, 0.29) is 11.8 Å². The van der Waals surface area contributed by atoms with Crippen LogP contribution in [0.3, 0.4) is 0 Å². The summed E-state index contributed by atoms with van der Waals surface area (Å²) in [6.45, 7) is 4.24. The summed E-state index contributed by atoms with van der Waals surface area (Å²) in [5.41, 5.74) is 4.24. The van der Waals surface area contributed by atoms with Gasteiger partial charge >= 0.3 is 0 Å². The number of carbonyl (C=O) groups excluding carboxylic acids is 2. The van der Waals surface area contributed by atoms with E-state index in [4.69, 9.17) is 0 Å². The van der Waals surface area contributed by atoms with Gasteiger partial charge < -0.3 is 10.6 Å². The minimum absolute atomic E-state index is 0.0541. The largest absolute Gasteiger partial charge is 0.326 e. The number of hydrogen-bond acceptors (Lipinski definition) is 2. The predicted molar refractivity (Wildman–Crippen MR) is 118 cm³/mol. The molecule has 0 aliphatic rings. The van der Waals surface area contributed by atoms with Crippen molar-refractivity contribution >= 4 is 23.2 Å². The van der Waals surface area contributed by atoms with Crippen LogP contribution in [0.1, 0.15) is 47.7 Å². The molecule has 3 rings (SSSR count). The van der Waals surface area contributed by atoms with Crippen molar-refractivity contribution in [3.63, 3.8) is 0 Å². The number of amides is 2. The quantitative estimate of drug-likeness (QED) is 0.552. The van der Waals surface area contributed by atoms with Crippen molar-refractivity contribution in [2.45, 2.75) is 32.6 Å². The number of benzene rings is 3. The molecule has 2 N–H and O–H groups in total. The summed E-state index contributed by atoms with van der Waals surface area (Å²) in [6.07, 6.45) is 1.10. The van der Waals surface area contributed by atoms with Gasteiger partial charge in [0, 0.05) is 23.4 Å². The second-order valence-corrected chi connectivity index (χ2v) is 7.35. The van der Waals surface area contributed by atoms with Gasteiger partial charge in [-0.1, -0.05) is 62.4 Å². The van der Waals surface area contributed by atoms with Crippen LogP contribution in [0.4, 0.5) is 11.4 Å². The Morgan fingerprint density at radius 1 is 0.793 bits per heavy atom. The van der Waals surface area contributed by atoms with Crippen LogP contribution in [0.2, 0.25) is 0 Å². The molecule has 0 saturated heterocycles. The first-order valence-electron chi connectivity index (χ1n) is 9.86. The molecule has 3 aromatic rings. The first-order valence-corrected chi connectivity index (χ1v) is 9.86. The van der Waals surface area contributed by atoms with Gasteiger partial charge in [0.15, 0.2) is 0 Å². The van der Waals surface area contributed by atoms with E-state index in [0.29, 0.717) is 35.7 Å². The van der Waals surface area contributed by atoms with Gasteiger partial charge in [-0.25, -0.2) is 0 Å². The third-order valence-corrected chi connectivity index (χ3v) is 4.73. The zero-order valence-corrected chi connectivity index (χ0v) is 16.8. The van der Waals surface area contributed by atoms with E-state index < -0.39 is 0 Å². The Morgan fingerprint density at radius 3 is 2.10 bits per heavy atom. The Morgan fingerprint density at radius 2 is 1.45 bits per heavy atom. The molecule has 0 aliphatic carbocycles. The summed E-state index contributed by atoms with van der Waals surface area (Å²) in [7, 11) is 0. The number of carbonyl (C=O) groups is 2. The van der Waals surface area contributed by atoms with Crippen molar-refractivity contribution in [2.75, 3.05) is 10.6 Å². The van der Waals surface area contributed by atoms with E-state index in [1.165, 1.54) is 5.56 Å². The Balaban J connectivity index is 1.57. The maximum Gasteiger partial charge on any atom is 0.255 e. The van der Waals surface area contributed by atoms with Crippen molar-refractivity contribution in [3.8, 4) is 0 Å². The number of aryl methyl sites for hydroxylation is 1. The molecular formula is C25H26N2O2. The fourth-order valence-corrected chi connectivity index (χ4v) is 3.02. The molecule has 0 aliphatic heterocycles. The molecule has 4 nitrogen and oxygen atoms in total. The van der Waals surface area contributed by atoms with Gasteiger partial charge in [0.1, 0.15) is 0 Å². The Hall–Kier alpha value is -3.40. The molecule has 3 aromatic carbocycles. The van der Waals surface area contributed by atoms with E-state index in [1.54, 1.807) is 12.1 Å². The average molecular weight is 386 g/mol. The first-order chi connectivity index (χ1) is 14.0. The molecule has 4 heteroatoms. The van der Waals surface area contributed by atoms with Gasteiger partial charge in [0.25, 0.3) is 5.91 Å². The highest BCUT2D eigenvalue weighted by atomic mass is 16.2. The summed E-state index contributed by atoms with van der Waals surface area (Å²) in [5, 5.41) is 5.78. The third-order valence-electron chi connectivity index (χ3n) is 4.73. The molecule has 0 fully saturated rings. The highest BCUT2D eigenvalue weighted by Gasteiger charge is 2.09. The monoisotopic (exact) mass is 386 g/mol. The average Bonchev–Trinajstić information content (AvgIpc) is 2.73. The van der Waals surface area contributed by atoms with Gasteiger partial charge in [0.2, 0.25) is 5.91 Å². The maximum atomic E-state index is 12.5. The number of nitrogens with one attached hydrogen (secondary N) is 2. The molecule has 148 valence electrons. The minimum atomic E-state index is -0.173. The molecule has 0 aromatic heterocycles. The zero-order valence-electron chi connectivity index (χ0n) is 16.8. The molecule has 0 bridgehead atoms. The molecule has 29 heavy (non-hydrogen) atoms. The molecule has 0 heterocycles. The van der Waals surface area contributed by atoms with E-state index >= 15 is 0 Å². The van der Waals surface area contributed by atoms with Crippen LogP contribution in [0.25, 0.3) is 0 Å². The maximum absolute atomic E-state index is 12.5. The van der Waals surface area contributed by atoms with Crippen LogP contribution in [0.15, 0.2) is 78.9 Å². The second kappa shape index (κ2) is 9.69. The highest BCUT2D eigenvalue weighted by molar-refractivity contribution is 6.04. The minimum Gasteiger partial charge on any atom is -0.326 e. The smallest absolute Gasteiger partial charge is 0.255 e. The van der Waals surface area contributed by atoms with Gasteiger partial charge in [-0.05, 0) is 53.8 Å².